The van der Waals surface area contributed by atoms with E-state index in [1.807, 2.05) is 0 Å². The van der Waals surface area contributed by atoms with Crippen molar-refractivity contribution in [3.63, 3.8) is 0 Å². The highest BCUT2D eigenvalue weighted by Crippen LogP contribution is 2.22. The molecule has 0 unspecified atom stereocenters. The zero-order chi connectivity index (χ0) is 15.4. The summed E-state index contributed by atoms with van der Waals surface area (Å²) in [5.74, 6) is -1.13. The Bertz CT molecular complexity index is 704. The van der Waals surface area contributed by atoms with Gasteiger partial charge in [-0.25, -0.2) is 9.59 Å². The van der Waals surface area contributed by atoms with Crippen LogP contribution >= 0.6 is 23.2 Å². The minimum Gasteiger partial charge on any atom is -0.478 e. The van der Waals surface area contributed by atoms with E-state index >= 15 is 0 Å². The molecule has 5 nitrogen and oxygen atoms in total. The van der Waals surface area contributed by atoms with Crippen LogP contribution in [-0.2, 0) is 0 Å². The van der Waals surface area contributed by atoms with E-state index in [0.717, 1.165) is 0 Å². The molecular weight excluding hydrogens is 315 g/mol. The summed E-state index contributed by atoms with van der Waals surface area (Å²) in [6.45, 7) is 0. The molecule has 0 bridgehead atoms. The van der Waals surface area contributed by atoms with Crippen LogP contribution in [0.15, 0.2) is 42.5 Å². The van der Waals surface area contributed by atoms with Crippen molar-refractivity contribution in [3.8, 4) is 0 Å². The Hall–Kier alpha value is -2.24. The summed E-state index contributed by atoms with van der Waals surface area (Å²) in [6, 6.07) is 10.2. The highest BCUT2D eigenvalue weighted by atomic mass is 35.5. The van der Waals surface area contributed by atoms with Crippen molar-refractivity contribution >= 4 is 46.6 Å². The highest BCUT2D eigenvalue weighted by molar-refractivity contribution is 6.33. The lowest BCUT2D eigenvalue weighted by molar-refractivity contribution is 0.0697. The number of carboxylic acids is 1. The summed E-state index contributed by atoms with van der Waals surface area (Å²) < 4.78 is 0. The Kier molecular flexibility index (Phi) is 4.67. The molecule has 7 heteroatoms. The first kappa shape index (κ1) is 15.2. The van der Waals surface area contributed by atoms with Crippen molar-refractivity contribution in [2.75, 3.05) is 10.6 Å². The maximum absolute atomic E-state index is 11.9. The topological polar surface area (TPSA) is 78.4 Å². The van der Waals surface area contributed by atoms with Gasteiger partial charge in [0.2, 0.25) is 0 Å². The molecule has 0 saturated heterocycles. The number of carbonyl (C=O) groups is 2. The first-order valence-corrected chi connectivity index (χ1v) is 6.58. The van der Waals surface area contributed by atoms with Gasteiger partial charge in [0.15, 0.2) is 0 Å². The first-order chi connectivity index (χ1) is 9.95. The minimum atomic E-state index is -1.13. The summed E-state index contributed by atoms with van der Waals surface area (Å²) in [4.78, 5) is 22.8. The summed E-state index contributed by atoms with van der Waals surface area (Å²) in [6.07, 6.45) is 0. The second-order valence-electron chi connectivity index (χ2n) is 4.09. The first-order valence-electron chi connectivity index (χ1n) is 5.82. The van der Waals surface area contributed by atoms with Crippen LogP contribution in [-0.4, -0.2) is 17.1 Å². The van der Waals surface area contributed by atoms with Gasteiger partial charge in [-0.1, -0.05) is 35.3 Å². The van der Waals surface area contributed by atoms with Gasteiger partial charge in [0.1, 0.15) is 0 Å². The van der Waals surface area contributed by atoms with Gasteiger partial charge in [0.25, 0.3) is 0 Å². The van der Waals surface area contributed by atoms with E-state index in [-0.39, 0.29) is 16.3 Å². The molecule has 2 aromatic carbocycles. The molecule has 0 atom stereocenters. The number of rotatable bonds is 3. The maximum atomic E-state index is 11.9. The van der Waals surface area contributed by atoms with Crippen molar-refractivity contribution in [1.29, 1.82) is 0 Å². The number of amides is 2. The Balaban J connectivity index is 2.13. The molecule has 21 heavy (non-hydrogen) atoms. The number of halogens is 2. The van der Waals surface area contributed by atoms with Crippen LogP contribution in [0.25, 0.3) is 0 Å². The van der Waals surface area contributed by atoms with Crippen LogP contribution < -0.4 is 10.6 Å². The van der Waals surface area contributed by atoms with Gasteiger partial charge in [-0.2, -0.15) is 0 Å². The normalized spacial score (nSPS) is 10.0. The zero-order valence-corrected chi connectivity index (χ0v) is 12.1. The Morgan fingerprint density at radius 1 is 1.00 bits per heavy atom. The van der Waals surface area contributed by atoms with Crippen LogP contribution in [0, 0.1) is 0 Å². The molecule has 2 rings (SSSR count). The number of hydrogen-bond acceptors (Lipinski definition) is 2. The quantitative estimate of drug-likeness (QED) is 0.785. The SMILES string of the molecule is O=C(Nc1cc(Cl)cc(C(=O)O)c1)Nc1ccccc1Cl. The van der Waals surface area contributed by atoms with Crippen molar-refractivity contribution in [3.05, 3.63) is 58.1 Å². The zero-order valence-electron chi connectivity index (χ0n) is 10.6. The Labute approximate surface area is 130 Å². The number of carbonyl (C=O) groups excluding carboxylic acids is 1. The van der Waals surface area contributed by atoms with Gasteiger partial charge in [-0.3, -0.25) is 0 Å². The highest BCUT2D eigenvalue weighted by Gasteiger charge is 2.09. The number of para-hydroxylation sites is 1. The summed E-state index contributed by atoms with van der Waals surface area (Å²) in [7, 11) is 0. The largest absolute Gasteiger partial charge is 0.478 e. The lowest BCUT2D eigenvalue weighted by atomic mass is 10.2. The van der Waals surface area contributed by atoms with E-state index < -0.39 is 12.0 Å². The molecular formula is C14H10Cl2N2O3. The molecule has 108 valence electrons. The van der Waals surface area contributed by atoms with Gasteiger partial charge in [0.05, 0.1) is 16.3 Å². The fourth-order valence-electron chi connectivity index (χ4n) is 1.63. The molecule has 3 N–H and O–H groups in total. The summed E-state index contributed by atoms with van der Waals surface area (Å²) in [5.41, 5.74) is 0.692. The average Bonchev–Trinajstić information content (AvgIpc) is 2.40. The van der Waals surface area contributed by atoms with E-state index in [2.05, 4.69) is 10.6 Å². The predicted octanol–water partition coefficient (Wildman–Crippen LogP) is 4.34. The van der Waals surface area contributed by atoms with Gasteiger partial charge in [-0.05, 0) is 30.3 Å². The molecule has 0 heterocycles. The molecule has 0 spiro atoms. The van der Waals surface area contributed by atoms with Crippen molar-refractivity contribution in [2.24, 2.45) is 0 Å². The number of nitrogens with one attached hydrogen (secondary N) is 2. The maximum Gasteiger partial charge on any atom is 0.335 e. The van der Waals surface area contributed by atoms with Crippen molar-refractivity contribution in [2.45, 2.75) is 0 Å². The third kappa shape index (κ3) is 4.11. The molecule has 0 aliphatic rings. The van der Waals surface area contributed by atoms with Gasteiger partial charge in [0, 0.05) is 10.7 Å². The van der Waals surface area contributed by atoms with Crippen LogP contribution in [0.2, 0.25) is 10.0 Å². The third-order valence-electron chi connectivity index (χ3n) is 2.52. The summed E-state index contributed by atoms with van der Waals surface area (Å²) in [5, 5.41) is 14.6. The number of hydrogen-bond donors (Lipinski definition) is 3. The van der Waals surface area contributed by atoms with Gasteiger partial charge in [-0.15, -0.1) is 0 Å². The molecule has 0 aromatic heterocycles. The number of aromatic carboxylic acids is 1. The van der Waals surface area contributed by atoms with Crippen molar-refractivity contribution in [1.82, 2.24) is 0 Å². The van der Waals surface area contributed by atoms with Gasteiger partial charge >= 0.3 is 12.0 Å². The third-order valence-corrected chi connectivity index (χ3v) is 3.07. The van der Waals surface area contributed by atoms with E-state index in [9.17, 15) is 9.59 Å². The lowest BCUT2D eigenvalue weighted by Crippen LogP contribution is -2.19. The molecule has 0 aliphatic heterocycles. The van der Waals surface area contributed by atoms with Crippen molar-refractivity contribution < 1.29 is 14.7 Å². The molecule has 2 aromatic rings. The standard InChI is InChI=1S/C14H10Cl2N2O3/c15-9-5-8(13(19)20)6-10(7-9)17-14(21)18-12-4-2-1-3-11(12)16/h1-7H,(H,19,20)(H2,17,18,21). The molecule has 0 aliphatic carbocycles. The smallest absolute Gasteiger partial charge is 0.335 e. The average molecular weight is 325 g/mol. The molecule has 0 radical (unpaired) electrons. The molecule has 0 fully saturated rings. The second-order valence-corrected chi connectivity index (χ2v) is 4.94. The van der Waals surface area contributed by atoms with Crippen LogP contribution in [0.5, 0.6) is 0 Å². The molecule has 0 saturated carbocycles. The van der Waals surface area contributed by atoms with E-state index in [4.69, 9.17) is 28.3 Å². The van der Waals surface area contributed by atoms with Crippen LogP contribution in [0.3, 0.4) is 0 Å². The Morgan fingerprint density at radius 2 is 1.71 bits per heavy atom. The monoisotopic (exact) mass is 324 g/mol. The fraction of sp³-hybridized carbons (Fsp3) is 0. The van der Waals surface area contributed by atoms with Gasteiger partial charge < -0.3 is 15.7 Å². The number of carboxylic acid groups (broad SMARTS) is 1. The van der Waals surface area contributed by atoms with E-state index in [0.29, 0.717) is 10.7 Å². The molecule has 2 amide bonds. The van der Waals surface area contributed by atoms with Crippen LogP contribution in [0.1, 0.15) is 10.4 Å². The minimum absolute atomic E-state index is 0.0180. The Morgan fingerprint density at radius 3 is 2.38 bits per heavy atom. The number of benzene rings is 2. The van der Waals surface area contributed by atoms with Crippen LogP contribution in [0.4, 0.5) is 16.2 Å². The van der Waals surface area contributed by atoms with E-state index in [1.165, 1.54) is 18.2 Å². The number of urea groups is 1. The number of anilines is 2. The summed E-state index contributed by atoms with van der Waals surface area (Å²) >= 11 is 11.7. The van der Waals surface area contributed by atoms with E-state index in [1.54, 1.807) is 24.3 Å². The predicted molar refractivity (Wildman–Crippen MR) is 82.5 cm³/mol. The second kappa shape index (κ2) is 6.47. The lowest BCUT2D eigenvalue weighted by Gasteiger charge is -2.09. The fourth-order valence-corrected chi connectivity index (χ4v) is 2.05.